The van der Waals surface area contributed by atoms with Crippen molar-refractivity contribution in [2.75, 3.05) is 13.5 Å². The van der Waals surface area contributed by atoms with Gasteiger partial charge in [-0.25, -0.2) is 0 Å². The zero-order valence-electron chi connectivity index (χ0n) is 8.54. The molecule has 1 aliphatic heterocycles. The van der Waals surface area contributed by atoms with Crippen LogP contribution in [0.5, 0.6) is 0 Å². The Morgan fingerprint density at radius 2 is 2.80 bits per heavy atom. The molecule has 0 aromatic carbocycles. The van der Waals surface area contributed by atoms with E-state index in [4.69, 9.17) is 4.11 Å². The summed E-state index contributed by atoms with van der Waals surface area (Å²) in [7, 11) is 0. The molecule has 10 heavy (non-hydrogen) atoms. The van der Waals surface area contributed by atoms with Crippen molar-refractivity contribution in [1.82, 2.24) is 14.7 Å². The average Bonchev–Trinajstić information content (AvgIpc) is 2.47. The Kier molecular flexibility index (Phi) is 0.738. The van der Waals surface area contributed by atoms with Gasteiger partial charge < -0.3 is 0 Å². The molecule has 3 heteroatoms. The van der Waals surface area contributed by atoms with Gasteiger partial charge in [0, 0.05) is 17.2 Å². The zero-order chi connectivity index (χ0) is 9.47. The van der Waals surface area contributed by atoms with Crippen LogP contribution in [-0.2, 0) is 13.1 Å². The monoisotopic (exact) mass is 139 g/mol. The van der Waals surface area contributed by atoms with Crippen molar-refractivity contribution >= 4 is 0 Å². The van der Waals surface area contributed by atoms with Crippen LogP contribution in [0.25, 0.3) is 0 Å². The molecule has 1 aromatic heterocycles. The van der Waals surface area contributed by atoms with E-state index in [0.717, 1.165) is 5.69 Å². The molecule has 2 heterocycles. The molecule has 0 unspecified atom stereocenters. The van der Waals surface area contributed by atoms with Gasteiger partial charge in [0.2, 0.25) is 0 Å². The Morgan fingerprint density at radius 3 is 3.70 bits per heavy atom. The average molecular weight is 139 g/mol. The Bertz CT molecular complexity index is 304. The molecule has 1 radical (unpaired) electrons. The summed E-state index contributed by atoms with van der Waals surface area (Å²) in [6.45, 7) is -0.390. The van der Waals surface area contributed by atoms with E-state index in [1.165, 1.54) is 4.90 Å². The van der Waals surface area contributed by atoms with Crippen LogP contribution in [0.2, 0.25) is 0 Å². The molecule has 2 rings (SSSR count). The molecule has 1 aliphatic rings. The highest BCUT2D eigenvalue weighted by Gasteiger charge is 2.11. The van der Waals surface area contributed by atoms with Gasteiger partial charge in [-0.05, 0) is 13.0 Å². The summed E-state index contributed by atoms with van der Waals surface area (Å²) in [4.78, 5) is 1.47. The summed E-state index contributed by atoms with van der Waals surface area (Å²) >= 11 is 0. The Labute approximate surface area is 64.5 Å². The van der Waals surface area contributed by atoms with E-state index in [9.17, 15) is 0 Å². The molecule has 0 atom stereocenters. The third-order valence-corrected chi connectivity index (χ3v) is 1.68. The van der Waals surface area contributed by atoms with Gasteiger partial charge in [-0.3, -0.25) is 9.58 Å². The quantitative estimate of drug-likeness (QED) is 0.509. The summed E-state index contributed by atoms with van der Waals surface area (Å²) < 4.78 is 23.5. The van der Waals surface area contributed by atoms with Crippen LogP contribution < -0.4 is 0 Å². The van der Waals surface area contributed by atoms with Crippen LogP contribution in [0.4, 0.5) is 0 Å². The Hall–Kier alpha value is -0.830. The van der Waals surface area contributed by atoms with Crippen LogP contribution in [-0.4, -0.2) is 28.2 Å². The predicted octanol–water partition coefficient (Wildman–Crippen LogP) is 0.129. The SMILES string of the molecule is [2H]C([2H])([2H])N1CCn2n[c]cc2C1. The molecule has 0 saturated heterocycles. The number of fused-ring (bicyclic) bond motifs is 1. The normalized spacial score (nSPS) is 24.6. The molecule has 0 aliphatic carbocycles. The third kappa shape index (κ3) is 0.827. The first-order valence-electron chi connectivity index (χ1n) is 4.75. The lowest BCUT2D eigenvalue weighted by Gasteiger charge is -2.22. The molecular weight excluding hydrogens is 126 g/mol. The zero-order valence-corrected chi connectivity index (χ0v) is 5.54. The van der Waals surface area contributed by atoms with Crippen molar-refractivity contribution in [2.45, 2.75) is 13.1 Å². The second-order valence-corrected chi connectivity index (χ2v) is 2.41. The number of likely N-dealkylation sites (N-methyl/N-ethyl adjacent to an activating group) is 1. The standard InChI is InChI=1S/C7H10N3/c1-9-4-5-10-7(6-9)2-3-8-10/h2H,4-6H2,1H3/i1D3. The second-order valence-electron chi connectivity index (χ2n) is 2.41. The van der Waals surface area contributed by atoms with Crippen molar-refractivity contribution in [3.8, 4) is 0 Å². The maximum absolute atomic E-state index is 7.24. The molecule has 53 valence electrons. The lowest BCUT2D eigenvalue weighted by Crippen LogP contribution is -2.30. The molecular formula is C7H10N3. The lowest BCUT2D eigenvalue weighted by atomic mass is 10.3. The van der Waals surface area contributed by atoms with Crippen molar-refractivity contribution in [2.24, 2.45) is 0 Å². The summed E-state index contributed by atoms with van der Waals surface area (Å²) in [5.41, 5.74) is 0.919. The number of hydrogen-bond donors (Lipinski definition) is 0. The first kappa shape index (κ1) is 3.53. The maximum atomic E-state index is 7.24. The van der Waals surface area contributed by atoms with Crippen LogP contribution >= 0.6 is 0 Å². The van der Waals surface area contributed by atoms with Gasteiger partial charge >= 0.3 is 0 Å². The minimum absolute atomic E-state index is 0.438. The maximum Gasteiger partial charge on any atom is 0.113 e. The largest absolute Gasteiger partial charge is 0.299 e. The van der Waals surface area contributed by atoms with Gasteiger partial charge in [-0.1, -0.05) is 0 Å². The van der Waals surface area contributed by atoms with Crippen molar-refractivity contribution in [3.05, 3.63) is 18.0 Å². The Morgan fingerprint density at radius 1 is 1.80 bits per heavy atom. The molecule has 0 fully saturated rings. The molecule has 3 nitrogen and oxygen atoms in total. The van der Waals surface area contributed by atoms with Gasteiger partial charge in [0.1, 0.15) is 6.20 Å². The molecule has 0 saturated carbocycles. The predicted molar refractivity (Wildman–Crippen MR) is 37.4 cm³/mol. The van der Waals surface area contributed by atoms with E-state index in [1.807, 2.05) is 0 Å². The highest BCUT2D eigenvalue weighted by molar-refractivity contribution is 5.00. The summed E-state index contributed by atoms with van der Waals surface area (Å²) in [5.74, 6) is 0. The number of aromatic nitrogens is 2. The van der Waals surface area contributed by atoms with E-state index in [-0.39, 0.29) is 0 Å². The fraction of sp³-hybridized carbons (Fsp3) is 0.571. The Balaban J connectivity index is 2.18. The van der Waals surface area contributed by atoms with Crippen LogP contribution in [0.15, 0.2) is 6.07 Å². The summed E-state index contributed by atoms with van der Waals surface area (Å²) in [6, 6.07) is 1.73. The van der Waals surface area contributed by atoms with Crippen molar-refractivity contribution in [3.63, 3.8) is 0 Å². The highest BCUT2D eigenvalue weighted by Crippen LogP contribution is 2.07. The summed E-state index contributed by atoms with van der Waals surface area (Å²) in [6.07, 6.45) is 2.71. The van der Waals surface area contributed by atoms with Gasteiger partial charge in [-0.15, -0.1) is 0 Å². The van der Waals surface area contributed by atoms with Gasteiger partial charge in [-0.2, -0.15) is 5.10 Å². The second kappa shape index (κ2) is 2.09. The van der Waals surface area contributed by atoms with E-state index >= 15 is 0 Å². The first-order chi connectivity index (χ1) is 6.07. The number of nitrogens with zero attached hydrogens (tertiary/aromatic N) is 3. The highest BCUT2D eigenvalue weighted by atomic mass is 15.3. The van der Waals surface area contributed by atoms with E-state index in [2.05, 4.69) is 11.3 Å². The number of hydrogen-bond acceptors (Lipinski definition) is 2. The van der Waals surface area contributed by atoms with E-state index in [1.54, 1.807) is 10.7 Å². The summed E-state index contributed by atoms with van der Waals surface area (Å²) in [5, 5.41) is 3.95. The first-order valence-corrected chi connectivity index (χ1v) is 3.25. The molecule has 0 spiro atoms. The third-order valence-electron chi connectivity index (χ3n) is 1.68. The lowest BCUT2D eigenvalue weighted by molar-refractivity contribution is 0.259. The van der Waals surface area contributed by atoms with Crippen molar-refractivity contribution < 1.29 is 4.11 Å². The van der Waals surface area contributed by atoms with Crippen molar-refractivity contribution in [1.29, 1.82) is 0 Å². The minimum atomic E-state index is -1.99. The smallest absolute Gasteiger partial charge is 0.113 e. The molecule has 0 bridgehead atoms. The van der Waals surface area contributed by atoms with E-state index < -0.39 is 6.98 Å². The van der Waals surface area contributed by atoms with Gasteiger partial charge in [0.15, 0.2) is 0 Å². The number of rotatable bonds is 0. The van der Waals surface area contributed by atoms with E-state index in [0.29, 0.717) is 19.6 Å². The fourth-order valence-corrected chi connectivity index (χ4v) is 1.12. The van der Waals surface area contributed by atoms with Gasteiger partial charge in [0.25, 0.3) is 0 Å². The topological polar surface area (TPSA) is 21.1 Å². The van der Waals surface area contributed by atoms with Crippen LogP contribution in [0, 0.1) is 6.20 Å². The molecule has 1 aromatic rings. The van der Waals surface area contributed by atoms with Crippen LogP contribution in [0.3, 0.4) is 0 Å². The van der Waals surface area contributed by atoms with Gasteiger partial charge in [0.05, 0.1) is 12.2 Å². The fourth-order valence-electron chi connectivity index (χ4n) is 1.12. The minimum Gasteiger partial charge on any atom is -0.299 e. The molecule has 0 N–H and O–H groups in total. The molecule has 0 amide bonds. The van der Waals surface area contributed by atoms with Crippen LogP contribution in [0.1, 0.15) is 9.81 Å².